The highest BCUT2D eigenvalue weighted by Crippen LogP contribution is 2.38. The van der Waals surface area contributed by atoms with Crippen molar-refractivity contribution in [3.05, 3.63) is 78.9 Å². The van der Waals surface area contributed by atoms with Gasteiger partial charge in [-0.15, -0.1) is 0 Å². The zero-order valence-corrected chi connectivity index (χ0v) is 12.0. The van der Waals surface area contributed by atoms with Gasteiger partial charge in [-0.25, -0.2) is 0 Å². The molecule has 0 saturated heterocycles. The Hall–Kier alpha value is -2.67. The van der Waals surface area contributed by atoms with Crippen LogP contribution in [0.3, 0.4) is 0 Å². The highest BCUT2D eigenvalue weighted by atomic mass is 14.7. The van der Waals surface area contributed by atoms with Crippen molar-refractivity contribution in [2.45, 2.75) is 6.92 Å². The standard InChI is InChI=1S/C20H17N/c1-2-21-19-15-9-14-18(16-10-5-3-6-11-16)20(19)17-12-7-4-8-13-17/h2-15H,1H3. The first-order valence-electron chi connectivity index (χ1n) is 7.12. The van der Waals surface area contributed by atoms with Gasteiger partial charge in [0.2, 0.25) is 0 Å². The molecule has 0 aliphatic carbocycles. The Kier molecular flexibility index (Phi) is 3.92. The molecule has 0 aliphatic rings. The second-order valence-electron chi connectivity index (χ2n) is 4.82. The Balaban J connectivity index is 2.28. The molecular weight excluding hydrogens is 254 g/mol. The van der Waals surface area contributed by atoms with E-state index in [1.807, 2.05) is 25.3 Å². The summed E-state index contributed by atoms with van der Waals surface area (Å²) in [6, 6.07) is 27.2. The van der Waals surface area contributed by atoms with Crippen LogP contribution < -0.4 is 0 Å². The summed E-state index contributed by atoms with van der Waals surface area (Å²) in [7, 11) is 0. The van der Waals surface area contributed by atoms with Gasteiger partial charge in [-0.1, -0.05) is 72.8 Å². The van der Waals surface area contributed by atoms with Gasteiger partial charge < -0.3 is 0 Å². The highest BCUT2D eigenvalue weighted by molar-refractivity contribution is 5.91. The van der Waals surface area contributed by atoms with Crippen molar-refractivity contribution in [1.29, 1.82) is 0 Å². The van der Waals surface area contributed by atoms with Gasteiger partial charge in [-0.05, 0) is 29.7 Å². The average Bonchev–Trinajstić information content (AvgIpc) is 2.56. The van der Waals surface area contributed by atoms with Crippen molar-refractivity contribution in [3.63, 3.8) is 0 Å². The third-order valence-electron chi connectivity index (χ3n) is 3.46. The molecule has 0 amide bonds. The first-order chi connectivity index (χ1) is 10.4. The SMILES string of the molecule is CC=Nc1cccc(-c2ccccc2)c1-c1ccccc1. The lowest BCUT2D eigenvalue weighted by Gasteiger charge is -2.13. The molecule has 0 aromatic heterocycles. The Morgan fingerprint density at radius 2 is 1.29 bits per heavy atom. The van der Waals surface area contributed by atoms with Crippen LogP contribution in [0.15, 0.2) is 83.9 Å². The van der Waals surface area contributed by atoms with Crippen LogP contribution in [0.1, 0.15) is 6.92 Å². The van der Waals surface area contributed by atoms with Crippen LogP contribution in [0.5, 0.6) is 0 Å². The third kappa shape index (κ3) is 2.77. The highest BCUT2D eigenvalue weighted by Gasteiger charge is 2.11. The van der Waals surface area contributed by atoms with Crippen LogP contribution in [0.2, 0.25) is 0 Å². The van der Waals surface area contributed by atoms with Crippen LogP contribution in [0.25, 0.3) is 22.3 Å². The predicted octanol–water partition coefficient (Wildman–Crippen LogP) is 5.74. The van der Waals surface area contributed by atoms with Gasteiger partial charge in [0.1, 0.15) is 0 Å². The average molecular weight is 271 g/mol. The minimum absolute atomic E-state index is 1.00. The summed E-state index contributed by atoms with van der Waals surface area (Å²) in [6.07, 6.45) is 1.84. The molecule has 0 bridgehead atoms. The molecule has 3 aromatic rings. The van der Waals surface area contributed by atoms with E-state index in [2.05, 4.69) is 71.7 Å². The summed E-state index contributed by atoms with van der Waals surface area (Å²) in [4.78, 5) is 4.54. The van der Waals surface area contributed by atoms with Gasteiger partial charge in [-0.3, -0.25) is 4.99 Å². The van der Waals surface area contributed by atoms with E-state index in [0.29, 0.717) is 0 Å². The number of aliphatic imine (C=N–C) groups is 1. The monoisotopic (exact) mass is 271 g/mol. The van der Waals surface area contributed by atoms with Crippen molar-refractivity contribution in [2.24, 2.45) is 4.99 Å². The van der Waals surface area contributed by atoms with Crippen LogP contribution in [0, 0.1) is 0 Å². The molecule has 0 atom stereocenters. The van der Waals surface area contributed by atoms with Gasteiger partial charge in [-0.2, -0.15) is 0 Å². The first kappa shape index (κ1) is 13.3. The van der Waals surface area contributed by atoms with Gasteiger partial charge in [0.15, 0.2) is 0 Å². The zero-order valence-electron chi connectivity index (χ0n) is 12.0. The van der Waals surface area contributed by atoms with E-state index in [0.717, 1.165) is 5.69 Å². The lowest BCUT2D eigenvalue weighted by atomic mass is 9.93. The maximum absolute atomic E-state index is 4.54. The van der Waals surface area contributed by atoms with E-state index in [-0.39, 0.29) is 0 Å². The molecule has 0 N–H and O–H groups in total. The lowest BCUT2D eigenvalue weighted by molar-refractivity contribution is 1.50. The number of hydrogen-bond donors (Lipinski definition) is 0. The molecule has 21 heavy (non-hydrogen) atoms. The normalized spacial score (nSPS) is 10.9. The minimum Gasteiger partial charge on any atom is -0.261 e. The van der Waals surface area contributed by atoms with Gasteiger partial charge in [0.05, 0.1) is 5.69 Å². The Morgan fingerprint density at radius 3 is 1.90 bits per heavy atom. The van der Waals surface area contributed by atoms with Crippen molar-refractivity contribution in [2.75, 3.05) is 0 Å². The molecule has 0 fully saturated rings. The minimum atomic E-state index is 1.00. The molecule has 1 heteroatoms. The summed E-state index contributed by atoms with van der Waals surface area (Å²) in [5, 5.41) is 0. The van der Waals surface area contributed by atoms with E-state index < -0.39 is 0 Å². The van der Waals surface area contributed by atoms with Crippen molar-refractivity contribution in [1.82, 2.24) is 0 Å². The van der Waals surface area contributed by atoms with Crippen LogP contribution >= 0.6 is 0 Å². The molecule has 0 unspecified atom stereocenters. The van der Waals surface area contributed by atoms with E-state index >= 15 is 0 Å². The summed E-state index contributed by atoms with van der Waals surface area (Å²) >= 11 is 0. The summed E-state index contributed by atoms with van der Waals surface area (Å²) < 4.78 is 0. The van der Waals surface area contributed by atoms with Gasteiger partial charge >= 0.3 is 0 Å². The van der Waals surface area contributed by atoms with Crippen LogP contribution in [-0.2, 0) is 0 Å². The number of hydrogen-bond acceptors (Lipinski definition) is 1. The quantitative estimate of drug-likeness (QED) is 0.538. The second-order valence-corrected chi connectivity index (χ2v) is 4.82. The molecule has 0 radical (unpaired) electrons. The molecule has 0 spiro atoms. The number of nitrogens with zero attached hydrogens (tertiary/aromatic N) is 1. The number of benzene rings is 3. The smallest absolute Gasteiger partial charge is 0.0710 e. The molecule has 0 saturated carbocycles. The fourth-order valence-electron chi connectivity index (χ4n) is 2.55. The molecule has 1 nitrogen and oxygen atoms in total. The van der Waals surface area contributed by atoms with E-state index in [9.17, 15) is 0 Å². The molecule has 3 rings (SSSR count). The van der Waals surface area contributed by atoms with Crippen LogP contribution in [0.4, 0.5) is 5.69 Å². The van der Waals surface area contributed by atoms with E-state index in [1.165, 1.54) is 22.3 Å². The topological polar surface area (TPSA) is 12.4 Å². The van der Waals surface area contributed by atoms with Crippen molar-refractivity contribution in [3.8, 4) is 22.3 Å². The molecular formula is C20H17N. The predicted molar refractivity (Wildman–Crippen MR) is 91.1 cm³/mol. The summed E-state index contributed by atoms with van der Waals surface area (Å²) in [5.74, 6) is 0. The van der Waals surface area contributed by atoms with Crippen molar-refractivity contribution < 1.29 is 0 Å². The zero-order chi connectivity index (χ0) is 14.5. The number of rotatable bonds is 3. The molecule has 0 heterocycles. The molecule has 3 aromatic carbocycles. The van der Waals surface area contributed by atoms with Crippen molar-refractivity contribution >= 4 is 11.9 Å². The summed E-state index contributed by atoms with van der Waals surface area (Å²) in [6.45, 7) is 1.95. The Morgan fingerprint density at radius 1 is 0.667 bits per heavy atom. The lowest BCUT2D eigenvalue weighted by Crippen LogP contribution is -1.86. The first-order valence-corrected chi connectivity index (χ1v) is 7.12. The second kappa shape index (κ2) is 6.19. The van der Waals surface area contributed by atoms with Gasteiger partial charge in [0, 0.05) is 11.8 Å². The maximum atomic E-state index is 4.54. The van der Waals surface area contributed by atoms with Gasteiger partial charge in [0.25, 0.3) is 0 Å². The van der Waals surface area contributed by atoms with E-state index in [4.69, 9.17) is 0 Å². The maximum Gasteiger partial charge on any atom is 0.0710 e. The summed E-state index contributed by atoms with van der Waals surface area (Å²) in [5.41, 5.74) is 5.81. The third-order valence-corrected chi connectivity index (χ3v) is 3.46. The Bertz CT molecular complexity index is 743. The molecule has 0 aliphatic heterocycles. The fraction of sp³-hybridized carbons (Fsp3) is 0.0500. The Labute approximate surface area is 125 Å². The fourth-order valence-corrected chi connectivity index (χ4v) is 2.55. The van der Waals surface area contributed by atoms with E-state index in [1.54, 1.807) is 0 Å². The molecule has 102 valence electrons. The van der Waals surface area contributed by atoms with Crippen LogP contribution in [-0.4, -0.2) is 6.21 Å². The largest absolute Gasteiger partial charge is 0.261 e.